The van der Waals surface area contributed by atoms with Crippen LogP contribution in [0.2, 0.25) is 0 Å². The lowest BCUT2D eigenvalue weighted by Crippen LogP contribution is -2.28. The average Bonchev–Trinajstić information content (AvgIpc) is 3.16. The first-order valence-corrected chi connectivity index (χ1v) is 9.25. The molecule has 0 spiro atoms. The minimum absolute atomic E-state index is 0.170. The van der Waals surface area contributed by atoms with E-state index in [-0.39, 0.29) is 18.4 Å². The molecule has 0 atom stereocenters. The van der Waals surface area contributed by atoms with E-state index in [0.717, 1.165) is 16.7 Å². The minimum Gasteiger partial charge on any atom is -0.467 e. The highest BCUT2D eigenvalue weighted by atomic mass is 16.5. The first-order valence-electron chi connectivity index (χ1n) is 9.25. The van der Waals surface area contributed by atoms with Crippen molar-refractivity contribution in [2.75, 3.05) is 6.61 Å². The Morgan fingerprint density at radius 1 is 1.03 bits per heavy atom. The number of carbonyl (C=O) groups is 1. The molecule has 4 aromatic rings. The highest BCUT2D eigenvalue weighted by Gasteiger charge is 2.19. The van der Waals surface area contributed by atoms with Gasteiger partial charge in [-0.05, 0) is 25.0 Å². The molecule has 0 saturated heterocycles. The van der Waals surface area contributed by atoms with E-state index in [1.165, 1.54) is 0 Å². The van der Waals surface area contributed by atoms with Crippen molar-refractivity contribution in [2.24, 2.45) is 0 Å². The van der Waals surface area contributed by atoms with Crippen molar-refractivity contribution in [3.63, 3.8) is 0 Å². The largest absolute Gasteiger partial charge is 0.467 e. The Labute approximate surface area is 167 Å². The van der Waals surface area contributed by atoms with Crippen LogP contribution in [0.4, 0.5) is 0 Å². The topological polar surface area (TPSA) is 90.1 Å². The second-order valence-electron chi connectivity index (χ2n) is 6.65. The van der Waals surface area contributed by atoms with Crippen LogP contribution in [0.15, 0.2) is 59.1 Å². The fraction of sp³-hybridized carbons (Fsp3) is 0.182. The number of aromatic nitrogens is 3. The maximum absolute atomic E-state index is 12.3. The molecule has 29 heavy (non-hydrogen) atoms. The molecule has 0 saturated carbocycles. The van der Waals surface area contributed by atoms with E-state index in [4.69, 9.17) is 9.26 Å². The summed E-state index contributed by atoms with van der Waals surface area (Å²) in [5, 5.41) is 7.54. The molecule has 0 fully saturated rings. The lowest BCUT2D eigenvalue weighted by molar-refractivity contribution is -0.123. The summed E-state index contributed by atoms with van der Waals surface area (Å²) >= 11 is 0. The van der Waals surface area contributed by atoms with E-state index in [0.29, 0.717) is 29.2 Å². The fourth-order valence-electron chi connectivity index (χ4n) is 3.01. The van der Waals surface area contributed by atoms with Crippen LogP contribution in [-0.2, 0) is 11.3 Å². The van der Waals surface area contributed by atoms with Gasteiger partial charge in [0, 0.05) is 12.1 Å². The van der Waals surface area contributed by atoms with Gasteiger partial charge in [-0.15, -0.1) is 0 Å². The molecule has 7 nitrogen and oxygen atoms in total. The van der Waals surface area contributed by atoms with Gasteiger partial charge in [0.05, 0.1) is 0 Å². The summed E-state index contributed by atoms with van der Waals surface area (Å²) in [5.74, 6) is 0.512. The number of ether oxygens (including phenoxy) is 1. The lowest BCUT2D eigenvalue weighted by atomic mass is 10.1. The number of hydrogen-bond donors (Lipinski definition) is 1. The van der Waals surface area contributed by atoms with Crippen molar-refractivity contribution >= 4 is 17.0 Å². The van der Waals surface area contributed by atoms with Gasteiger partial charge in [0.15, 0.2) is 6.61 Å². The van der Waals surface area contributed by atoms with Gasteiger partial charge in [0.25, 0.3) is 11.6 Å². The van der Waals surface area contributed by atoms with Crippen molar-refractivity contribution in [2.45, 2.75) is 20.4 Å². The van der Waals surface area contributed by atoms with Gasteiger partial charge >= 0.3 is 0 Å². The van der Waals surface area contributed by atoms with E-state index >= 15 is 0 Å². The number of benzene rings is 2. The van der Waals surface area contributed by atoms with Crippen molar-refractivity contribution in [1.82, 2.24) is 20.4 Å². The Morgan fingerprint density at radius 2 is 1.79 bits per heavy atom. The quantitative estimate of drug-likeness (QED) is 0.543. The van der Waals surface area contributed by atoms with E-state index in [1.807, 2.05) is 61.5 Å². The number of amides is 1. The number of aryl methyl sites for hydroxylation is 2. The molecule has 0 bridgehead atoms. The summed E-state index contributed by atoms with van der Waals surface area (Å²) in [4.78, 5) is 20.9. The van der Waals surface area contributed by atoms with Crippen molar-refractivity contribution < 1.29 is 14.1 Å². The highest BCUT2D eigenvalue weighted by molar-refractivity contribution is 5.93. The number of rotatable bonds is 6. The zero-order valence-corrected chi connectivity index (χ0v) is 16.2. The summed E-state index contributed by atoms with van der Waals surface area (Å²) < 4.78 is 11.1. The van der Waals surface area contributed by atoms with Crippen LogP contribution in [0.3, 0.4) is 0 Å². The third-order valence-electron chi connectivity index (χ3n) is 4.54. The molecular weight excluding hydrogens is 368 g/mol. The smallest absolute Gasteiger partial charge is 0.265 e. The molecule has 1 amide bonds. The van der Waals surface area contributed by atoms with Gasteiger partial charge in [-0.3, -0.25) is 4.79 Å². The van der Waals surface area contributed by atoms with Crippen LogP contribution < -0.4 is 10.1 Å². The molecular formula is C22H20N4O3. The molecule has 0 unspecified atom stereocenters. The van der Waals surface area contributed by atoms with Gasteiger partial charge in [0.2, 0.25) is 5.88 Å². The van der Waals surface area contributed by atoms with Crippen LogP contribution in [0.1, 0.15) is 17.0 Å². The Balaban J connectivity index is 1.52. The maximum Gasteiger partial charge on any atom is 0.265 e. The molecule has 0 aliphatic heterocycles. The lowest BCUT2D eigenvalue weighted by Gasteiger charge is -2.09. The molecule has 0 radical (unpaired) electrons. The van der Waals surface area contributed by atoms with Gasteiger partial charge in [-0.2, -0.15) is 9.97 Å². The number of nitrogens with one attached hydrogen (secondary N) is 1. The third kappa shape index (κ3) is 4.08. The Morgan fingerprint density at radius 3 is 2.59 bits per heavy atom. The van der Waals surface area contributed by atoms with Crippen molar-refractivity contribution in [3.05, 3.63) is 71.5 Å². The predicted molar refractivity (Wildman–Crippen MR) is 108 cm³/mol. The average molecular weight is 388 g/mol. The molecule has 1 N–H and O–H groups in total. The van der Waals surface area contributed by atoms with E-state index in [1.54, 1.807) is 6.92 Å². The summed E-state index contributed by atoms with van der Waals surface area (Å²) in [6, 6.07) is 17.5. The minimum atomic E-state index is -0.240. The molecule has 0 aliphatic rings. The van der Waals surface area contributed by atoms with Crippen molar-refractivity contribution in [3.8, 4) is 17.1 Å². The second-order valence-corrected chi connectivity index (χ2v) is 6.65. The summed E-state index contributed by atoms with van der Waals surface area (Å²) in [6.45, 7) is 4.01. The van der Waals surface area contributed by atoms with Gasteiger partial charge < -0.3 is 14.6 Å². The SMILES string of the molecule is Cc1nc(OCC(=O)NCc2ccccc2C)c2c(-c3ccccc3)noc2n1. The first kappa shape index (κ1) is 18.6. The number of hydrogen-bond acceptors (Lipinski definition) is 6. The molecule has 2 aromatic carbocycles. The van der Waals surface area contributed by atoms with Crippen LogP contribution in [-0.4, -0.2) is 27.6 Å². The predicted octanol–water partition coefficient (Wildman–Crippen LogP) is 3.60. The van der Waals surface area contributed by atoms with Gasteiger partial charge in [-0.25, -0.2) is 0 Å². The Bertz CT molecular complexity index is 1160. The molecule has 0 aliphatic carbocycles. The molecule has 2 aromatic heterocycles. The van der Waals surface area contributed by atoms with Crippen LogP contribution in [0.25, 0.3) is 22.4 Å². The first-order chi connectivity index (χ1) is 14.1. The van der Waals surface area contributed by atoms with E-state index in [9.17, 15) is 4.79 Å². The number of carbonyl (C=O) groups excluding carboxylic acids is 1. The second kappa shape index (κ2) is 8.10. The van der Waals surface area contributed by atoms with Crippen LogP contribution in [0.5, 0.6) is 5.88 Å². The number of nitrogens with zero attached hydrogens (tertiary/aromatic N) is 3. The standard InChI is InChI=1S/C22H20N4O3/c1-14-8-6-7-11-17(14)12-23-18(27)13-28-21-19-20(16-9-4-3-5-10-16)26-29-22(19)25-15(2)24-21/h3-11H,12-13H2,1-2H3,(H,23,27). The Kier molecular flexibility index (Phi) is 5.20. The van der Waals surface area contributed by atoms with E-state index in [2.05, 4.69) is 20.4 Å². The zero-order valence-electron chi connectivity index (χ0n) is 16.2. The summed E-state index contributed by atoms with van der Waals surface area (Å²) in [7, 11) is 0. The van der Waals surface area contributed by atoms with Crippen LogP contribution >= 0.6 is 0 Å². The Hall–Kier alpha value is -3.74. The normalized spacial score (nSPS) is 10.8. The van der Waals surface area contributed by atoms with Gasteiger partial charge in [-0.1, -0.05) is 59.8 Å². The third-order valence-corrected chi connectivity index (χ3v) is 4.54. The van der Waals surface area contributed by atoms with E-state index < -0.39 is 0 Å². The van der Waals surface area contributed by atoms with Crippen molar-refractivity contribution in [1.29, 1.82) is 0 Å². The fourth-order valence-corrected chi connectivity index (χ4v) is 3.01. The molecule has 2 heterocycles. The molecule has 4 rings (SSSR count). The molecule has 7 heteroatoms. The number of fused-ring (bicyclic) bond motifs is 1. The monoisotopic (exact) mass is 388 g/mol. The van der Waals surface area contributed by atoms with Gasteiger partial charge in [0.1, 0.15) is 16.9 Å². The maximum atomic E-state index is 12.3. The molecule has 146 valence electrons. The van der Waals surface area contributed by atoms with Crippen LogP contribution in [0, 0.1) is 13.8 Å². The summed E-state index contributed by atoms with van der Waals surface area (Å²) in [5.41, 5.74) is 3.94. The highest BCUT2D eigenvalue weighted by Crippen LogP contribution is 2.32. The summed E-state index contributed by atoms with van der Waals surface area (Å²) in [6.07, 6.45) is 0. The zero-order chi connectivity index (χ0) is 20.2.